The lowest BCUT2D eigenvalue weighted by molar-refractivity contribution is -0.961. The predicted octanol–water partition coefficient (Wildman–Crippen LogP) is 4.72. The normalized spacial score (nSPS) is 23.2. The van der Waals surface area contributed by atoms with Crippen LogP contribution in [-0.2, 0) is 25.8 Å². The fourth-order valence-corrected chi connectivity index (χ4v) is 8.50. The van der Waals surface area contributed by atoms with Gasteiger partial charge < -0.3 is 4.57 Å². The molecule has 2 atom stereocenters. The van der Waals surface area contributed by atoms with Gasteiger partial charge in [0.1, 0.15) is 18.3 Å². The molecule has 0 radical (unpaired) electrons. The van der Waals surface area contributed by atoms with E-state index in [9.17, 15) is 18.0 Å². The van der Waals surface area contributed by atoms with E-state index >= 15 is 0 Å². The van der Waals surface area contributed by atoms with Gasteiger partial charge in [0.25, 0.3) is 0 Å². The van der Waals surface area contributed by atoms with E-state index in [-0.39, 0.29) is 24.1 Å². The number of nitrogens with zero attached hydrogens (tertiary/aromatic N) is 8. The number of aromatic nitrogens is 5. The van der Waals surface area contributed by atoms with Gasteiger partial charge in [-0.25, -0.2) is 14.3 Å². The Balaban J connectivity index is 1.14. The van der Waals surface area contributed by atoms with E-state index in [1.165, 1.54) is 53.3 Å². The summed E-state index contributed by atoms with van der Waals surface area (Å²) < 4.78 is 48.9. The molecule has 0 amide bonds. The summed E-state index contributed by atoms with van der Waals surface area (Å²) in [6, 6.07) is 9.12. The van der Waals surface area contributed by atoms with Gasteiger partial charge in [-0.15, -0.1) is 15.6 Å². The van der Waals surface area contributed by atoms with Crippen LogP contribution in [0.15, 0.2) is 53.8 Å². The first-order valence-corrected chi connectivity index (χ1v) is 17.0. The highest BCUT2D eigenvalue weighted by atomic mass is 19.4. The highest BCUT2D eigenvalue weighted by Gasteiger charge is 2.48. The van der Waals surface area contributed by atoms with Crippen molar-refractivity contribution in [3.8, 4) is 5.69 Å². The minimum atomic E-state index is -4.62. The maximum Gasteiger partial charge on any atom is 0.418 e. The minimum Gasteiger partial charge on any atom is -0.315 e. The summed E-state index contributed by atoms with van der Waals surface area (Å²) >= 11 is 0. The van der Waals surface area contributed by atoms with Crippen LogP contribution >= 0.6 is 0 Å². The number of nitrogens with one attached hydrogen (secondary N) is 1. The lowest BCUT2D eigenvalue weighted by atomic mass is 9.71. The van der Waals surface area contributed by atoms with Crippen LogP contribution in [-0.4, -0.2) is 77.6 Å². The Labute approximate surface area is 271 Å². The Hall–Kier alpha value is -3.52. The van der Waals surface area contributed by atoms with Gasteiger partial charge in [0.2, 0.25) is 0 Å². The molecule has 4 aliphatic rings. The van der Waals surface area contributed by atoms with Crippen molar-refractivity contribution in [2.45, 2.75) is 82.8 Å². The topological polar surface area (TPSA) is 75.6 Å². The Kier molecular flexibility index (Phi) is 7.77. The molecule has 1 aromatic carbocycles. The maximum atomic E-state index is 14.5. The molecule has 3 fully saturated rings. The number of benzene rings is 1. The predicted molar refractivity (Wildman–Crippen MR) is 170 cm³/mol. The molecule has 1 aliphatic carbocycles. The zero-order valence-electron chi connectivity index (χ0n) is 26.9. The highest BCUT2D eigenvalue weighted by molar-refractivity contribution is 5.58. The third-order valence-electron chi connectivity index (χ3n) is 11.1. The second-order valence-electron chi connectivity index (χ2n) is 14.2. The van der Waals surface area contributed by atoms with Gasteiger partial charge in [-0.05, 0) is 80.8 Å². The molecule has 1 saturated carbocycles. The van der Waals surface area contributed by atoms with E-state index < -0.39 is 17.4 Å². The van der Waals surface area contributed by atoms with Crippen molar-refractivity contribution in [3.05, 3.63) is 82.1 Å². The largest absolute Gasteiger partial charge is 0.418 e. The summed E-state index contributed by atoms with van der Waals surface area (Å²) in [6.07, 6.45) is 8.66. The van der Waals surface area contributed by atoms with E-state index in [0.717, 1.165) is 48.6 Å². The second kappa shape index (κ2) is 11.9. The molecular weight excluding hydrogens is 607 g/mol. The van der Waals surface area contributed by atoms with E-state index in [1.54, 1.807) is 12.5 Å². The lowest BCUT2D eigenvalue weighted by Crippen LogP contribution is -2.57. The first kappa shape index (κ1) is 30.8. The quantitative estimate of drug-likeness (QED) is 0.305. The van der Waals surface area contributed by atoms with Crippen LogP contribution in [0.4, 0.5) is 13.2 Å². The molecule has 250 valence electrons. The number of hydrogen-bond donors (Lipinski definition) is 1. The lowest BCUT2D eigenvalue weighted by Gasteiger charge is -2.39. The average molecular weight is 651 g/mol. The summed E-state index contributed by atoms with van der Waals surface area (Å²) in [5, 5.41) is 8.07. The Morgan fingerprint density at radius 1 is 1.04 bits per heavy atom. The van der Waals surface area contributed by atoms with Gasteiger partial charge in [0, 0.05) is 37.9 Å². The molecule has 3 aliphatic heterocycles. The van der Waals surface area contributed by atoms with Crippen LogP contribution in [0.1, 0.15) is 73.4 Å². The summed E-state index contributed by atoms with van der Waals surface area (Å²) in [6.45, 7) is 5.30. The number of pyridine rings is 1. The van der Waals surface area contributed by atoms with E-state index in [1.807, 2.05) is 27.7 Å². The maximum absolute atomic E-state index is 14.5. The molecule has 1 spiro atoms. The Morgan fingerprint density at radius 3 is 2.60 bits per heavy atom. The molecule has 0 bridgehead atoms. The van der Waals surface area contributed by atoms with Crippen LogP contribution in [0.5, 0.6) is 0 Å². The van der Waals surface area contributed by atoms with Gasteiger partial charge in [-0.2, -0.15) is 13.2 Å². The van der Waals surface area contributed by atoms with E-state index in [2.05, 4.69) is 33.6 Å². The molecule has 2 saturated heterocycles. The van der Waals surface area contributed by atoms with Crippen molar-refractivity contribution in [1.82, 2.24) is 39.0 Å². The molecular formula is C34H43F3N9O+. The van der Waals surface area contributed by atoms with Crippen molar-refractivity contribution in [2.24, 2.45) is 5.92 Å². The van der Waals surface area contributed by atoms with Crippen LogP contribution in [0.3, 0.4) is 0 Å². The molecule has 13 heteroatoms. The van der Waals surface area contributed by atoms with Crippen molar-refractivity contribution >= 4 is 5.52 Å². The summed E-state index contributed by atoms with van der Waals surface area (Å²) in [4.78, 5) is 18.4. The van der Waals surface area contributed by atoms with Gasteiger partial charge in [-0.3, -0.25) is 13.9 Å². The average Bonchev–Trinajstić information content (AvgIpc) is 3.65. The van der Waals surface area contributed by atoms with Gasteiger partial charge in [0.15, 0.2) is 6.67 Å². The molecule has 6 heterocycles. The molecule has 8 rings (SSSR count). The summed E-state index contributed by atoms with van der Waals surface area (Å²) in [7, 11) is 2.21. The number of imidazole rings is 1. The number of halogens is 3. The minimum absolute atomic E-state index is 0.143. The van der Waals surface area contributed by atoms with Gasteiger partial charge in [-0.1, -0.05) is 18.6 Å². The molecule has 1 unspecified atom stereocenters. The summed E-state index contributed by atoms with van der Waals surface area (Å²) in [5.74, 6) is 1.51. The highest BCUT2D eigenvalue weighted by Crippen LogP contribution is 2.44. The molecule has 10 nitrogen and oxygen atoms in total. The fourth-order valence-electron chi connectivity index (χ4n) is 8.50. The van der Waals surface area contributed by atoms with E-state index in [4.69, 9.17) is 0 Å². The van der Waals surface area contributed by atoms with Crippen LogP contribution in [0.25, 0.3) is 11.2 Å². The zero-order chi connectivity index (χ0) is 32.3. The standard InChI is InChI=1S/C34H43F3N9O/c1-41-23-46(14-4-2-3-5-15-46)40-32(41)31(25-8-6-9-25)26-10-7-11-27(17-26)44-20-29-28(34(35,36)37)16-24(19-45(29)33(44)47)18-42-12-13-43-22-38-39-30(43)21-42/h7,10-11,16-17,19-20,22,25,31-32,40H,2-6,8-9,12-15,18,21,23H2,1H3/q+1/t31-,32?/m1/s1. The zero-order valence-corrected chi connectivity index (χ0v) is 26.9. The number of quaternary nitrogens is 1. The molecule has 3 aromatic heterocycles. The third-order valence-corrected chi connectivity index (χ3v) is 11.1. The number of hydrogen-bond acceptors (Lipinski definition) is 6. The van der Waals surface area contributed by atoms with Gasteiger partial charge >= 0.3 is 11.9 Å². The van der Waals surface area contributed by atoms with Crippen LogP contribution in [0, 0.1) is 5.92 Å². The summed E-state index contributed by atoms with van der Waals surface area (Å²) in [5.41, 5.74) is 4.74. The van der Waals surface area contributed by atoms with Crippen molar-refractivity contribution in [3.63, 3.8) is 0 Å². The smallest absolute Gasteiger partial charge is 0.315 e. The van der Waals surface area contributed by atoms with E-state index in [0.29, 0.717) is 36.8 Å². The monoisotopic (exact) mass is 650 g/mol. The molecule has 1 N–H and O–H groups in total. The number of rotatable bonds is 6. The van der Waals surface area contributed by atoms with Crippen molar-refractivity contribution < 1.29 is 17.8 Å². The SMILES string of the molecule is CN1C[N+]2(CCCCCC2)NC1[C@@H](c1cccc(-n2cc3c(C(F)(F)F)cc(CN4CCn5cnnc5C4)cn3c2=O)c1)C1CCC1. The first-order valence-electron chi connectivity index (χ1n) is 17.0. The second-order valence-corrected chi connectivity index (χ2v) is 14.2. The van der Waals surface area contributed by atoms with Crippen LogP contribution in [0.2, 0.25) is 0 Å². The Morgan fingerprint density at radius 2 is 1.85 bits per heavy atom. The van der Waals surface area contributed by atoms with Crippen molar-refractivity contribution in [2.75, 3.05) is 33.4 Å². The van der Waals surface area contributed by atoms with Crippen molar-refractivity contribution in [1.29, 1.82) is 0 Å². The Bertz CT molecular complexity index is 1820. The molecule has 47 heavy (non-hydrogen) atoms. The number of likely N-dealkylation sites (N-methyl/N-ethyl adjacent to an activating group) is 1. The van der Waals surface area contributed by atoms with Gasteiger partial charge in [0.05, 0.1) is 36.4 Å². The fraction of sp³-hybridized carbons (Fsp3) is 0.559. The number of alkyl halides is 3. The van der Waals surface area contributed by atoms with Crippen LogP contribution < -0.4 is 11.1 Å². The third kappa shape index (κ3) is 5.70. The molecule has 4 aromatic rings. The first-order chi connectivity index (χ1) is 22.7. The number of fused-ring (bicyclic) bond motifs is 2.